The average molecular weight is 201 g/mol. The minimum atomic E-state index is -0.863. The number of benzene rings is 1. The van der Waals surface area contributed by atoms with Crippen LogP contribution in [0.5, 0.6) is 0 Å². The van der Waals surface area contributed by atoms with Gasteiger partial charge in [0.25, 0.3) is 5.24 Å². The number of hydrogen-bond donors (Lipinski definition) is 0. The molecule has 1 atom stereocenters. The van der Waals surface area contributed by atoms with Crippen LogP contribution in [0.15, 0.2) is 24.3 Å². The van der Waals surface area contributed by atoms with Gasteiger partial charge in [-0.3, -0.25) is 4.79 Å². The highest BCUT2D eigenvalue weighted by Gasteiger charge is 2.03. The molecule has 0 fully saturated rings. The van der Waals surface area contributed by atoms with Crippen molar-refractivity contribution in [3.63, 3.8) is 0 Å². The Labute approximate surface area is 81.5 Å². The van der Waals surface area contributed by atoms with Crippen molar-refractivity contribution in [2.24, 2.45) is 0 Å². The van der Waals surface area contributed by atoms with Crippen LogP contribution >= 0.6 is 11.6 Å². The van der Waals surface area contributed by atoms with Crippen LogP contribution in [0.3, 0.4) is 0 Å². The lowest BCUT2D eigenvalue weighted by molar-refractivity contribution is 0.108. The Morgan fingerprint density at radius 2 is 2.00 bits per heavy atom. The van der Waals surface area contributed by atoms with Crippen LogP contribution in [-0.2, 0) is 6.42 Å². The van der Waals surface area contributed by atoms with E-state index in [-0.39, 0.29) is 0 Å². The monoisotopic (exact) mass is 200 g/mol. The first-order valence-electron chi connectivity index (χ1n) is 4.02. The van der Waals surface area contributed by atoms with Gasteiger partial charge in [0.05, 0.1) is 0 Å². The molecule has 0 heterocycles. The Hall–Kier alpha value is -0.890. The molecule has 1 nitrogen and oxygen atoms in total. The standard InChI is InChI=1S/C10H10ClFO/c1-7(12)6-8-2-4-9(5-3-8)10(11)13/h2-5,7H,6H2,1H3. The quantitative estimate of drug-likeness (QED) is 0.686. The summed E-state index contributed by atoms with van der Waals surface area (Å²) in [6.45, 7) is 1.50. The first-order valence-corrected chi connectivity index (χ1v) is 4.40. The van der Waals surface area contributed by atoms with Gasteiger partial charge < -0.3 is 0 Å². The summed E-state index contributed by atoms with van der Waals surface area (Å²) in [7, 11) is 0. The van der Waals surface area contributed by atoms with Gasteiger partial charge in [-0.15, -0.1) is 0 Å². The zero-order valence-corrected chi connectivity index (χ0v) is 8.01. The molecule has 1 unspecified atom stereocenters. The second-order valence-corrected chi connectivity index (χ2v) is 3.30. The van der Waals surface area contributed by atoms with Crippen LogP contribution in [-0.4, -0.2) is 11.4 Å². The molecule has 0 N–H and O–H groups in total. The third-order valence-corrected chi connectivity index (χ3v) is 1.92. The number of carbonyl (C=O) groups excluding carboxylic acids is 1. The van der Waals surface area contributed by atoms with Crippen molar-refractivity contribution in [2.45, 2.75) is 19.5 Å². The van der Waals surface area contributed by atoms with Gasteiger partial charge in [0.1, 0.15) is 6.17 Å². The van der Waals surface area contributed by atoms with Crippen molar-refractivity contribution in [1.82, 2.24) is 0 Å². The van der Waals surface area contributed by atoms with Crippen LogP contribution in [0.4, 0.5) is 4.39 Å². The largest absolute Gasteiger partial charge is 0.276 e. The molecule has 0 saturated carbocycles. The molecule has 0 aliphatic carbocycles. The Balaban J connectivity index is 2.75. The maximum atomic E-state index is 12.6. The minimum absolute atomic E-state index is 0.372. The number of hydrogen-bond acceptors (Lipinski definition) is 1. The van der Waals surface area contributed by atoms with Gasteiger partial charge in [0.15, 0.2) is 0 Å². The van der Waals surface area contributed by atoms with Crippen LogP contribution in [0, 0.1) is 0 Å². The topological polar surface area (TPSA) is 17.1 Å². The highest BCUT2D eigenvalue weighted by molar-refractivity contribution is 6.67. The van der Waals surface area contributed by atoms with E-state index in [1.54, 1.807) is 24.3 Å². The number of carbonyl (C=O) groups is 1. The Morgan fingerprint density at radius 3 is 2.38 bits per heavy atom. The number of alkyl halides is 1. The second-order valence-electron chi connectivity index (χ2n) is 2.96. The third kappa shape index (κ3) is 3.15. The van der Waals surface area contributed by atoms with E-state index in [0.717, 1.165) is 5.56 Å². The van der Waals surface area contributed by atoms with Crippen molar-refractivity contribution in [3.05, 3.63) is 35.4 Å². The second kappa shape index (κ2) is 4.38. The minimum Gasteiger partial charge on any atom is -0.276 e. The summed E-state index contributed by atoms with van der Waals surface area (Å²) >= 11 is 5.25. The molecule has 0 spiro atoms. The predicted octanol–water partition coefficient (Wildman–Crippen LogP) is 2.97. The summed E-state index contributed by atoms with van der Waals surface area (Å²) in [5.74, 6) is 0. The first-order chi connectivity index (χ1) is 6.09. The van der Waals surface area contributed by atoms with Gasteiger partial charge in [0.2, 0.25) is 0 Å². The summed E-state index contributed by atoms with van der Waals surface area (Å²) in [6, 6.07) is 6.64. The van der Waals surface area contributed by atoms with E-state index in [2.05, 4.69) is 0 Å². The fraction of sp³-hybridized carbons (Fsp3) is 0.300. The molecule has 1 aromatic carbocycles. The molecule has 1 aromatic rings. The summed E-state index contributed by atoms with van der Waals surface area (Å²) in [5, 5.41) is -0.486. The van der Waals surface area contributed by atoms with E-state index >= 15 is 0 Å². The SMILES string of the molecule is CC(F)Cc1ccc(C(=O)Cl)cc1. The van der Waals surface area contributed by atoms with Crippen molar-refractivity contribution >= 4 is 16.8 Å². The summed E-state index contributed by atoms with van der Waals surface area (Å²) in [5.41, 5.74) is 1.31. The van der Waals surface area contributed by atoms with Crippen molar-refractivity contribution in [2.75, 3.05) is 0 Å². The van der Waals surface area contributed by atoms with E-state index in [1.165, 1.54) is 6.92 Å². The van der Waals surface area contributed by atoms with E-state index in [1.807, 2.05) is 0 Å². The Kier molecular flexibility index (Phi) is 3.43. The molecule has 0 amide bonds. The van der Waals surface area contributed by atoms with Crippen LogP contribution in [0.25, 0.3) is 0 Å². The highest BCUT2D eigenvalue weighted by atomic mass is 35.5. The zero-order valence-electron chi connectivity index (χ0n) is 7.26. The molecule has 13 heavy (non-hydrogen) atoms. The molecular weight excluding hydrogens is 191 g/mol. The van der Waals surface area contributed by atoms with Crippen LogP contribution < -0.4 is 0 Å². The smallest absolute Gasteiger partial charge is 0.252 e. The number of rotatable bonds is 3. The fourth-order valence-corrected chi connectivity index (χ4v) is 1.22. The molecule has 0 saturated heterocycles. The van der Waals surface area contributed by atoms with Gasteiger partial charge in [0, 0.05) is 12.0 Å². The number of halogens is 2. The lowest BCUT2D eigenvalue weighted by Crippen LogP contribution is -1.98. The first kappa shape index (κ1) is 10.2. The average Bonchev–Trinajstić information content (AvgIpc) is 2.04. The normalized spacial score (nSPS) is 12.5. The fourth-order valence-electron chi connectivity index (χ4n) is 1.10. The molecular formula is C10H10ClFO. The molecule has 70 valence electrons. The van der Waals surface area contributed by atoms with Gasteiger partial charge in [-0.25, -0.2) is 4.39 Å². The maximum absolute atomic E-state index is 12.6. The lowest BCUT2D eigenvalue weighted by atomic mass is 10.1. The van der Waals surface area contributed by atoms with Gasteiger partial charge >= 0.3 is 0 Å². The summed E-state index contributed by atoms with van der Waals surface area (Å²) in [4.78, 5) is 10.7. The molecule has 0 aromatic heterocycles. The van der Waals surface area contributed by atoms with Crippen molar-refractivity contribution in [3.8, 4) is 0 Å². The van der Waals surface area contributed by atoms with Crippen molar-refractivity contribution in [1.29, 1.82) is 0 Å². The summed E-state index contributed by atoms with van der Waals surface area (Å²) < 4.78 is 12.6. The predicted molar refractivity (Wildman–Crippen MR) is 50.9 cm³/mol. The van der Waals surface area contributed by atoms with Crippen molar-refractivity contribution < 1.29 is 9.18 Å². The Bertz CT molecular complexity index is 292. The summed E-state index contributed by atoms with van der Waals surface area (Å²) in [6.07, 6.45) is -0.492. The molecule has 0 radical (unpaired) electrons. The van der Waals surface area contributed by atoms with E-state index in [9.17, 15) is 9.18 Å². The van der Waals surface area contributed by atoms with E-state index < -0.39 is 11.4 Å². The molecule has 3 heteroatoms. The third-order valence-electron chi connectivity index (χ3n) is 1.70. The van der Waals surface area contributed by atoms with Crippen LogP contribution in [0.2, 0.25) is 0 Å². The molecule has 1 rings (SSSR count). The lowest BCUT2D eigenvalue weighted by Gasteiger charge is -2.02. The van der Waals surface area contributed by atoms with Gasteiger partial charge in [-0.2, -0.15) is 0 Å². The zero-order chi connectivity index (χ0) is 9.84. The van der Waals surface area contributed by atoms with Crippen LogP contribution in [0.1, 0.15) is 22.8 Å². The Morgan fingerprint density at radius 1 is 1.46 bits per heavy atom. The van der Waals surface area contributed by atoms with E-state index in [4.69, 9.17) is 11.6 Å². The molecule has 0 aliphatic rings. The van der Waals surface area contributed by atoms with Gasteiger partial charge in [-0.05, 0) is 36.2 Å². The maximum Gasteiger partial charge on any atom is 0.252 e. The van der Waals surface area contributed by atoms with E-state index in [0.29, 0.717) is 12.0 Å². The molecule has 0 aliphatic heterocycles. The highest BCUT2D eigenvalue weighted by Crippen LogP contribution is 2.09. The van der Waals surface area contributed by atoms with Gasteiger partial charge in [-0.1, -0.05) is 12.1 Å². The molecule has 0 bridgehead atoms.